The Hall–Kier alpha value is -1.83. The average Bonchev–Trinajstić information content (AvgIpc) is 2.31. The highest BCUT2D eigenvalue weighted by atomic mass is 16.4. The first-order valence-electron chi connectivity index (χ1n) is 5.05. The van der Waals surface area contributed by atoms with E-state index in [0.717, 1.165) is 0 Å². The average molecular weight is 247 g/mol. The fraction of sp³-hybridized carbons (Fsp3) is 0.667. The van der Waals surface area contributed by atoms with E-state index in [1.165, 1.54) is 4.90 Å². The second kappa shape index (κ2) is 7.44. The maximum atomic E-state index is 11.3. The number of rotatable bonds is 6. The SMILES string of the molecule is CCN(C)C(=O)CNC(=O)NC[C@H](O)C(=O)O. The molecule has 0 heterocycles. The third-order valence-corrected chi connectivity index (χ3v) is 2.04. The number of nitrogens with zero attached hydrogens (tertiary/aromatic N) is 1. The molecular formula is C9H17N3O5. The molecule has 0 saturated heterocycles. The van der Waals surface area contributed by atoms with Gasteiger partial charge in [-0.05, 0) is 6.92 Å². The summed E-state index contributed by atoms with van der Waals surface area (Å²) in [5, 5.41) is 21.6. The van der Waals surface area contributed by atoms with Crippen molar-refractivity contribution in [3.05, 3.63) is 0 Å². The zero-order chi connectivity index (χ0) is 13.4. The van der Waals surface area contributed by atoms with Gasteiger partial charge in [-0.1, -0.05) is 0 Å². The molecule has 8 heteroatoms. The molecule has 4 N–H and O–H groups in total. The van der Waals surface area contributed by atoms with E-state index in [9.17, 15) is 14.4 Å². The Morgan fingerprint density at radius 1 is 1.29 bits per heavy atom. The van der Waals surface area contributed by atoms with Crippen molar-refractivity contribution in [1.29, 1.82) is 0 Å². The quantitative estimate of drug-likeness (QED) is 0.442. The Morgan fingerprint density at radius 2 is 1.88 bits per heavy atom. The van der Waals surface area contributed by atoms with Crippen LogP contribution in [0.2, 0.25) is 0 Å². The molecule has 0 aliphatic carbocycles. The summed E-state index contributed by atoms with van der Waals surface area (Å²) in [4.78, 5) is 34.0. The van der Waals surface area contributed by atoms with E-state index >= 15 is 0 Å². The van der Waals surface area contributed by atoms with Crippen molar-refractivity contribution in [2.45, 2.75) is 13.0 Å². The van der Waals surface area contributed by atoms with Gasteiger partial charge in [0.2, 0.25) is 5.91 Å². The van der Waals surface area contributed by atoms with Crippen molar-refractivity contribution < 1.29 is 24.6 Å². The Bertz CT molecular complexity index is 294. The van der Waals surface area contributed by atoms with Gasteiger partial charge in [-0.25, -0.2) is 9.59 Å². The highest BCUT2D eigenvalue weighted by Gasteiger charge is 2.14. The minimum atomic E-state index is -1.66. The molecule has 1 atom stereocenters. The minimum absolute atomic E-state index is 0.181. The van der Waals surface area contributed by atoms with Gasteiger partial charge in [0.15, 0.2) is 6.10 Å². The lowest BCUT2D eigenvalue weighted by atomic mass is 10.4. The van der Waals surface area contributed by atoms with Crippen LogP contribution in [0.25, 0.3) is 0 Å². The maximum absolute atomic E-state index is 11.3. The number of hydrogen-bond donors (Lipinski definition) is 4. The molecule has 0 aliphatic heterocycles. The predicted octanol–water partition coefficient (Wildman–Crippen LogP) is -1.79. The second-order valence-electron chi connectivity index (χ2n) is 3.33. The topological polar surface area (TPSA) is 119 Å². The Balaban J connectivity index is 3.81. The first-order chi connectivity index (χ1) is 7.88. The lowest BCUT2D eigenvalue weighted by Gasteiger charge is -2.15. The van der Waals surface area contributed by atoms with E-state index in [2.05, 4.69) is 10.6 Å². The molecule has 17 heavy (non-hydrogen) atoms. The summed E-state index contributed by atoms with van der Waals surface area (Å²) >= 11 is 0. The van der Waals surface area contributed by atoms with Crippen LogP contribution >= 0.6 is 0 Å². The molecule has 3 amide bonds. The number of carbonyl (C=O) groups is 3. The number of urea groups is 1. The van der Waals surface area contributed by atoms with Crippen LogP contribution in [0.5, 0.6) is 0 Å². The number of aliphatic carboxylic acids is 1. The second-order valence-corrected chi connectivity index (χ2v) is 3.33. The monoisotopic (exact) mass is 247 g/mol. The highest BCUT2D eigenvalue weighted by Crippen LogP contribution is 1.82. The third kappa shape index (κ3) is 6.36. The van der Waals surface area contributed by atoms with Crippen molar-refractivity contribution in [2.24, 2.45) is 0 Å². The molecule has 0 radical (unpaired) electrons. The van der Waals surface area contributed by atoms with Crippen LogP contribution in [0, 0.1) is 0 Å². The molecule has 0 aromatic rings. The number of carboxylic acids is 1. The summed E-state index contributed by atoms with van der Waals surface area (Å²) in [6.07, 6.45) is -1.66. The Morgan fingerprint density at radius 3 is 2.35 bits per heavy atom. The summed E-state index contributed by atoms with van der Waals surface area (Å²) in [6.45, 7) is 1.72. The van der Waals surface area contributed by atoms with Gasteiger partial charge in [0.05, 0.1) is 13.1 Å². The van der Waals surface area contributed by atoms with Crippen LogP contribution in [-0.2, 0) is 9.59 Å². The number of nitrogens with one attached hydrogen (secondary N) is 2. The maximum Gasteiger partial charge on any atom is 0.334 e. The third-order valence-electron chi connectivity index (χ3n) is 2.04. The molecule has 8 nitrogen and oxygen atoms in total. The zero-order valence-electron chi connectivity index (χ0n) is 9.77. The van der Waals surface area contributed by atoms with Gasteiger partial charge in [0.1, 0.15) is 0 Å². The normalized spacial score (nSPS) is 11.5. The van der Waals surface area contributed by atoms with Crippen LogP contribution in [0.1, 0.15) is 6.92 Å². The number of aliphatic hydroxyl groups is 1. The van der Waals surface area contributed by atoms with Crippen molar-refractivity contribution in [3.63, 3.8) is 0 Å². The van der Waals surface area contributed by atoms with Gasteiger partial charge in [-0.2, -0.15) is 0 Å². The molecule has 0 saturated carbocycles. The molecule has 0 rings (SSSR count). The molecule has 0 aromatic heterocycles. The van der Waals surface area contributed by atoms with Crippen molar-refractivity contribution >= 4 is 17.9 Å². The van der Waals surface area contributed by atoms with Crippen molar-refractivity contribution in [1.82, 2.24) is 15.5 Å². The van der Waals surface area contributed by atoms with E-state index in [0.29, 0.717) is 6.54 Å². The van der Waals surface area contributed by atoms with Crippen LogP contribution in [0.4, 0.5) is 4.79 Å². The molecule has 0 bridgehead atoms. The summed E-state index contributed by atoms with van der Waals surface area (Å²) < 4.78 is 0. The number of carboxylic acid groups (broad SMARTS) is 1. The van der Waals surface area contributed by atoms with Gasteiger partial charge in [0.25, 0.3) is 0 Å². The molecule has 0 aliphatic rings. The van der Waals surface area contributed by atoms with E-state index in [4.69, 9.17) is 10.2 Å². The molecule has 0 spiro atoms. The van der Waals surface area contributed by atoms with Crippen LogP contribution in [-0.4, -0.2) is 65.8 Å². The van der Waals surface area contributed by atoms with Crippen molar-refractivity contribution in [3.8, 4) is 0 Å². The highest BCUT2D eigenvalue weighted by molar-refractivity contribution is 5.84. The van der Waals surface area contributed by atoms with Crippen molar-refractivity contribution in [2.75, 3.05) is 26.7 Å². The molecule has 0 fully saturated rings. The molecule has 0 aromatic carbocycles. The van der Waals surface area contributed by atoms with E-state index in [-0.39, 0.29) is 12.5 Å². The minimum Gasteiger partial charge on any atom is -0.479 e. The smallest absolute Gasteiger partial charge is 0.334 e. The van der Waals surface area contributed by atoms with E-state index in [1.54, 1.807) is 14.0 Å². The number of amides is 3. The number of likely N-dealkylation sites (N-methyl/N-ethyl adjacent to an activating group) is 1. The first-order valence-corrected chi connectivity index (χ1v) is 5.05. The summed E-state index contributed by atoms with van der Waals surface area (Å²) in [7, 11) is 1.59. The molecule has 98 valence electrons. The molecule has 0 unspecified atom stereocenters. The fourth-order valence-electron chi connectivity index (χ4n) is 0.806. The first kappa shape index (κ1) is 15.2. The summed E-state index contributed by atoms with van der Waals surface area (Å²) in [6, 6.07) is -0.705. The van der Waals surface area contributed by atoms with Gasteiger partial charge in [-0.15, -0.1) is 0 Å². The standard InChI is InChI=1S/C9H17N3O5/c1-3-12(2)7(14)5-11-9(17)10-4-6(13)8(15)16/h6,13H,3-5H2,1-2H3,(H,15,16)(H2,10,11,17)/t6-/m0/s1. The van der Waals surface area contributed by atoms with Crippen LogP contribution in [0.3, 0.4) is 0 Å². The Labute approximate surface area is 98.6 Å². The van der Waals surface area contributed by atoms with E-state index in [1.807, 2.05) is 0 Å². The van der Waals surface area contributed by atoms with Gasteiger partial charge >= 0.3 is 12.0 Å². The van der Waals surface area contributed by atoms with Crippen LogP contribution < -0.4 is 10.6 Å². The zero-order valence-corrected chi connectivity index (χ0v) is 9.77. The lowest BCUT2D eigenvalue weighted by Crippen LogP contribution is -2.45. The largest absolute Gasteiger partial charge is 0.479 e. The fourth-order valence-corrected chi connectivity index (χ4v) is 0.806. The lowest BCUT2D eigenvalue weighted by molar-refractivity contribution is -0.146. The van der Waals surface area contributed by atoms with Gasteiger partial charge in [-0.3, -0.25) is 4.79 Å². The summed E-state index contributed by atoms with van der Waals surface area (Å²) in [5.74, 6) is -1.69. The Kier molecular flexibility index (Phi) is 6.64. The molecular weight excluding hydrogens is 230 g/mol. The van der Waals surface area contributed by atoms with Gasteiger partial charge < -0.3 is 25.7 Å². The predicted molar refractivity (Wildman–Crippen MR) is 58.4 cm³/mol. The van der Waals surface area contributed by atoms with E-state index < -0.39 is 24.6 Å². The van der Waals surface area contributed by atoms with Crippen LogP contribution in [0.15, 0.2) is 0 Å². The summed E-state index contributed by atoms with van der Waals surface area (Å²) in [5.41, 5.74) is 0. The number of hydrogen-bond acceptors (Lipinski definition) is 4. The number of carbonyl (C=O) groups excluding carboxylic acids is 2. The van der Waals surface area contributed by atoms with Gasteiger partial charge in [0, 0.05) is 13.6 Å². The number of aliphatic hydroxyl groups excluding tert-OH is 1.